The van der Waals surface area contributed by atoms with Crippen LogP contribution >= 0.6 is 0 Å². The van der Waals surface area contributed by atoms with Gasteiger partial charge in [-0.1, -0.05) is 48.5 Å². The van der Waals surface area contributed by atoms with Gasteiger partial charge in [0.1, 0.15) is 11.7 Å². The molecule has 25 heavy (non-hydrogen) atoms. The molecule has 2 heterocycles. The third-order valence-corrected chi connectivity index (χ3v) is 4.38. The maximum absolute atomic E-state index is 11.3. The monoisotopic (exact) mass is 332 g/mol. The fraction of sp³-hybridized carbons (Fsp3) is 0.100. The Morgan fingerprint density at radius 2 is 1.76 bits per heavy atom. The van der Waals surface area contributed by atoms with Gasteiger partial charge >= 0.3 is 0 Å². The second-order valence-corrected chi connectivity index (χ2v) is 5.91. The topological polar surface area (TPSA) is 72.1 Å². The first-order chi connectivity index (χ1) is 12.2. The van der Waals surface area contributed by atoms with E-state index in [4.69, 9.17) is 4.42 Å². The number of nitrogens with zero attached hydrogens (tertiary/aromatic N) is 1. The Morgan fingerprint density at radius 3 is 2.48 bits per heavy atom. The predicted molar refractivity (Wildman–Crippen MR) is 96.1 cm³/mol. The van der Waals surface area contributed by atoms with Crippen LogP contribution in [0.2, 0.25) is 0 Å². The van der Waals surface area contributed by atoms with Crippen molar-refractivity contribution in [2.24, 2.45) is 0 Å². The highest BCUT2D eigenvalue weighted by Crippen LogP contribution is 2.38. The van der Waals surface area contributed by atoms with Gasteiger partial charge in [-0.2, -0.15) is 0 Å². The molecule has 0 amide bonds. The first kappa shape index (κ1) is 15.2. The quantitative estimate of drug-likeness (QED) is 0.420. The van der Waals surface area contributed by atoms with Gasteiger partial charge in [-0.3, -0.25) is 10.1 Å². The van der Waals surface area contributed by atoms with Crippen LogP contribution in [0, 0.1) is 10.1 Å². The number of nitrogens with one attached hydrogen (secondary N) is 1. The average Bonchev–Trinajstić information content (AvgIpc) is 3.28. The van der Waals surface area contributed by atoms with E-state index in [1.807, 2.05) is 54.6 Å². The van der Waals surface area contributed by atoms with Crippen molar-refractivity contribution in [2.45, 2.75) is 5.92 Å². The molecule has 0 aliphatic rings. The summed E-state index contributed by atoms with van der Waals surface area (Å²) in [6.45, 7) is -0.227. The Hall–Kier alpha value is -3.34. The summed E-state index contributed by atoms with van der Waals surface area (Å²) in [6, 6.07) is 21.3. The zero-order valence-corrected chi connectivity index (χ0v) is 13.4. The van der Waals surface area contributed by atoms with E-state index in [1.54, 1.807) is 18.4 Å². The molecule has 4 rings (SSSR count). The summed E-state index contributed by atoms with van der Waals surface area (Å²) in [6.07, 6.45) is 1.55. The first-order valence-electron chi connectivity index (χ1n) is 8.05. The summed E-state index contributed by atoms with van der Waals surface area (Å²) in [5, 5.41) is 12.3. The number of H-pyrrole nitrogens is 1. The van der Waals surface area contributed by atoms with Crippen LogP contribution < -0.4 is 0 Å². The third-order valence-electron chi connectivity index (χ3n) is 4.38. The molecule has 0 saturated carbocycles. The molecule has 0 aliphatic heterocycles. The largest absolute Gasteiger partial charge is 0.468 e. The SMILES string of the molecule is O=[N+]([O-])CC(c1ccco1)c1c(-c2ccccc2)[nH]c2ccccc12. The van der Waals surface area contributed by atoms with Gasteiger partial charge in [0.05, 0.1) is 12.0 Å². The van der Waals surface area contributed by atoms with Gasteiger partial charge in [-0.05, 0) is 23.8 Å². The molecule has 124 valence electrons. The van der Waals surface area contributed by atoms with Gasteiger partial charge in [0, 0.05) is 21.4 Å². The molecule has 5 nitrogen and oxygen atoms in total. The second kappa shape index (κ2) is 6.28. The smallest absolute Gasteiger partial charge is 0.217 e. The van der Waals surface area contributed by atoms with Gasteiger partial charge in [-0.15, -0.1) is 0 Å². The highest BCUT2D eigenvalue weighted by molar-refractivity contribution is 5.91. The minimum Gasteiger partial charge on any atom is -0.468 e. The van der Waals surface area contributed by atoms with Crippen molar-refractivity contribution < 1.29 is 9.34 Å². The standard InChI is InChI=1S/C20H16N2O3/c23-22(24)13-16(18-11-6-12-25-18)19-15-9-4-5-10-17(15)21-20(19)14-7-2-1-3-8-14/h1-12,16,21H,13H2. The number of para-hydroxylation sites is 1. The fourth-order valence-corrected chi connectivity index (χ4v) is 3.32. The number of aromatic amines is 1. The van der Waals surface area contributed by atoms with Crippen LogP contribution in [-0.2, 0) is 0 Å². The molecular weight excluding hydrogens is 316 g/mol. The highest BCUT2D eigenvalue weighted by atomic mass is 16.6. The van der Waals surface area contributed by atoms with Crippen molar-refractivity contribution in [1.29, 1.82) is 0 Å². The van der Waals surface area contributed by atoms with Gasteiger partial charge in [0.15, 0.2) is 0 Å². The molecule has 0 radical (unpaired) electrons. The van der Waals surface area contributed by atoms with E-state index in [0.29, 0.717) is 5.76 Å². The van der Waals surface area contributed by atoms with Crippen molar-refractivity contribution >= 4 is 10.9 Å². The lowest BCUT2D eigenvalue weighted by Crippen LogP contribution is -2.14. The van der Waals surface area contributed by atoms with Gasteiger partial charge in [0.2, 0.25) is 6.54 Å². The average molecular weight is 332 g/mol. The minimum atomic E-state index is -0.462. The number of hydrogen-bond donors (Lipinski definition) is 1. The molecule has 1 atom stereocenters. The number of benzene rings is 2. The van der Waals surface area contributed by atoms with E-state index in [2.05, 4.69) is 4.98 Å². The summed E-state index contributed by atoms with van der Waals surface area (Å²) in [5.41, 5.74) is 3.74. The molecule has 0 fully saturated rings. The van der Waals surface area contributed by atoms with Crippen LogP contribution in [0.3, 0.4) is 0 Å². The van der Waals surface area contributed by atoms with Crippen LogP contribution in [0.15, 0.2) is 77.4 Å². The van der Waals surface area contributed by atoms with E-state index in [-0.39, 0.29) is 11.5 Å². The number of rotatable bonds is 5. The molecular formula is C20H16N2O3. The molecule has 0 bridgehead atoms. The van der Waals surface area contributed by atoms with Crippen molar-refractivity contribution in [2.75, 3.05) is 6.54 Å². The molecule has 1 unspecified atom stereocenters. The van der Waals surface area contributed by atoms with Crippen LogP contribution in [-0.4, -0.2) is 16.5 Å². The maximum Gasteiger partial charge on any atom is 0.217 e. The fourth-order valence-electron chi connectivity index (χ4n) is 3.32. The maximum atomic E-state index is 11.3. The lowest BCUT2D eigenvalue weighted by molar-refractivity contribution is -0.482. The molecule has 4 aromatic rings. The lowest BCUT2D eigenvalue weighted by atomic mass is 9.91. The summed E-state index contributed by atoms with van der Waals surface area (Å²) >= 11 is 0. The Bertz CT molecular complexity index is 1000. The van der Waals surface area contributed by atoms with Crippen molar-refractivity contribution in [3.63, 3.8) is 0 Å². The Kier molecular flexibility index (Phi) is 3.82. The highest BCUT2D eigenvalue weighted by Gasteiger charge is 2.29. The summed E-state index contributed by atoms with van der Waals surface area (Å²) < 4.78 is 5.54. The predicted octanol–water partition coefficient (Wildman–Crippen LogP) is 4.84. The van der Waals surface area contributed by atoms with Gasteiger partial charge in [0.25, 0.3) is 0 Å². The number of aromatic nitrogens is 1. The van der Waals surface area contributed by atoms with Crippen LogP contribution in [0.5, 0.6) is 0 Å². The number of furan rings is 1. The van der Waals surface area contributed by atoms with Crippen molar-refractivity contribution in [3.8, 4) is 11.3 Å². The Labute approximate surface area is 144 Å². The molecule has 0 spiro atoms. The van der Waals surface area contributed by atoms with E-state index in [9.17, 15) is 10.1 Å². The number of nitro groups is 1. The number of fused-ring (bicyclic) bond motifs is 1. The van der Waals surface area contributed by atoms with Gasteiger partial charge in [-0.25, -0.2) is 0 Å². The van der Waals surface area contributed by atoms with Crippen LogP contribution in [0.25, 0.3) is 22.2 Å². The van der Waals surface area contributed by atoms with Crippen molar-refractivity contribution in [1.82, 2.24) is 4.98 Å². The molecule has 5 heteroatoms. The summed E-state index contributed by atoms with van der Waals surface area (Å²) in [5.74, 6) is 0.134. The van der Waals surface area contributed by atoms with E-state index in [1.165, 1.54) is 0 Å². The van der Waals surface area contributed by atoms with E-state index in [0.717, 1.165) is 27.7 Å². The first-order valence-corrected chi connectivity index (χ1v) is 8.05. The summed E-state index contributed by atoms with van der Waals surface area (Å²) in [7, 11) is 0. The lowest BCUT2D eigenvalue weighted by Gasteiger charge is -2.13. The summed E-state index contributed by atoms with van der Waals surface area (Å²) in [4.78, 5) is 14.5. The molecule has 0 aliphatic carbocycles. The Balaban J connectivity index is 1.99. The zero-order chi connectivity index (χ0) is 17.2. The van der Waals surface area contributed by atoms with E-state index < -0.39 is 5.92 Å². The molecule has 0 saturated heterocycles. The van der Waals surface area contributed by atoms with Crippen LogP contribution in [0.4, 0.5) is 0 Å². The van der Waals surface area contributed by atoms with Gasteiger partial charge < -0.3 is 9.40 Å². The van der Waals surface area contributed by atoms with Crippen LogP contribution in [0.1, 0.15) is 17.2 Å². The van der Waals surface area contributed by atoms with E-state index >= 15 is 0 Å². The third kappa shape index (κ3) is 2.80. The Morgan fingerprint density at radius 1 is 1.00 bits per heavy atom. The molecule has 2 aromatic carbocycles. The normalized spacial score (nSPS) is 12.3. The minimum absolute atomic E-state index is 0.227. The molecule has 2 aromatic heterocycles. The van der Waals surface area contributed by atoms with Crippen molar-refractivity contribution in [3.05, 3.63) is 94.4 Å². The zero-order valence-electron chi connectivity index (χ0n) is 13.4. The molecule has 1 N–H and O–H groups in total. The second-order valence-electron chi connectivity index (χ2n) is 5.91. The number of hydrogen-bond acceptors (Lipinski definition) is 3.